The van der Waals surface area contributed by atoms with Crippen LogP contribution in [0.3, 0.4) is 0 Å². The third-order valence-corrected chi connectivity index (χ3v) is 12.2. The van der Waals surface area contributed by atoms with Gasteiger partial charge in [-0.15, -0.1) is 22.7 Å². The number of thiophene rings is 2. The Bertz CT molecular complexity index is 3020. The zero-order valence-electron chi connectivity index (χ0n) is 25.1. The first-order chi connectivity index (χ1) is 23.3. The Morgan fingerprint density at radius 3 is 1.66 bits per heavy atom. The maximum Gasteiger partial charge on any atom is 0.143 e. The smallest absolute Gasteiger partial charge is 0.143 e. The van der Waals surface area contributed by atoms with Gasteiger partial charge in [0.2, 0.25) is 0 Å². The van der Waals surface area contributed by atoms with E-state index in [9.17, 15) is 0 Å². The number of rotatable bonds is 2. The normalized spacial score (nSPS) is 12.3. The van der Waals surface area contributed by atoms with Crippen LogP contribution in [0, 0.1) is 0 Å². The maximum atomic E-state index is 6.86. The fourth-order valence-corrected chi connectivity index (χ4v) is 10.1. The van der Waals surface area contributed by atoms with Gasteiger partial charge in [0.15, 0.2) is 0 Å². The summed E-state index contributed by atoms with van der Waals surface area (Å²) >= 11 is 3.72. The van der Waals surface area contributed by atoms with E-state index in [2.05, 4.69) is 146 Å². The quantitative estimate of drug-likeness (QED) is 0.173. The molecule has 0 unspecified atom stereocenters. The summed E-state index contributed by atoms with van der Waals surface area (Å²) in [4.78, 5) is 0. The molecule has 0 aliphatic heterocycles. The lowest BCUT2D eigenvalue weighted by Crippen LogP contribution is -1.91. The van der Waals surface area contributed by atoms with Gasteiger partial charge in [-0.1, -0.05) is 109 Å². The minimum atomic E-state index is 0.935. The van der Waals surface area contributed by atoms with Gasteiger partial charge in [-0.25, -0.2) is 0 Å². The topological polar surface area (TPSA) is 13.1 Å². The van der Waals surface area contributed by atoms with Crippen molar-refractivity contribution < 1.29 is 4.42 Å². The largest absolute Gasteiger partial charge is 0.455 e. The Morgan fingerprint density at radius 2 is 0.915 bits per heavy atom. The van der Waals surface area contributed by atoms with Crippen LogP contribution in [0.25, 0.3) is 106 Å². The zero-order chi connectivity index (χ0) is 30.6. The first-order valence-corrected chi connectivity index (χ1v) is 17.6. The van der Waals surface area contributed by atoms with E-state index in [0.717, 1.165) is 16.7 Å². The highest BCUT2D eigenvalue weighted by molar-refractivity contribution is 7.26. The molecule has 47 heavy (non-hydrogen) atoms. The number of hydrogen-bond acceptors (Lipinski definition) is 3. The number of furan rings is 1. The molecule has 0 N–H and O–H groups in total. The molecular weight excluding hydrogens is 609 g/mol. The standard InChI is InChI=1S/C44H24OS2/c1-3-13-29-27(11-1)40(25-20-22-38-34(24-25)26-10-5-7-18-36(26)46-38)28-12-2-4-14-30(28)41(29)32-16-9-17-33-42-35(45-44(32)33)21-23-39-43(42)31-15-6-8-19-37(31)47-39/h1-24H. The van der Waals surface area contributed by atoms with Crippen molar-refractivity contribution in [2.75, 3.05) is 0 Å². The highest BCUT2D eigenvalue weighted by atomic mass is 32.1. The number of fused-ring (bicyclic) bond motifs is 12. The van der Waals surface area contributed by atoms with E-state index in [1.54, 1.807) is 0 Å². The van der Waals surface area contributed by atoms with E-state index in [1.807, 2.05) is 22.7 Å². The van der Waals surface area contributed by atoms with Gasteiger partial charge in [-0.2, -0.15) is 0 Å². The van der Waals surface area contributed by atoms with E-state index < -0.39 is 0 Å². The van der Waals surface area contributed by atoms with Crippen LogP contribution >= 0.6 is 22.7 Å². The Kier molecular flexibility index (Phi) is 5.20. The minimum absolute atomic E-state index is 0.935. The Labute approximate surface area is 277 Å². The molecule has 1 nitrogen and oxygen atoms in total. The highest BCUT2D eigenvalue weighted by Gasteiger charge is 2.22. The van der Waals surface area contributed by atoms with Gasteiger partial charge in [-0.05, 0) is 69.1 Å². The summed E-state index contributed by atoms with van der Waals surface area (Å²) in [5, 5.41) is 12.6. The van der Waals surface area contributed by atoms with E-state index in [1.165, 1.54) is 89.4 Å². The molecule has 3 heteroatoms. The van der Waals surface area contributed by atoms with Gasteiger partial charge >= 0.3 is 0 Å². The second-order valence-electron chi connectivity index (χ2n) is 12.3. The number of hydrogen-bond donors (Lipinski definition) is 0. The second-order valence-corrected chi connectivity index (χ2v) is 14.5. The molecule has 0 aliphatic rings. The van der Waals surface area contributed by atoms with Crippen molar-refractivity contribution in [1.82, 2.24) is 0 Å². The molecule has 0 aliphatic carbocycles. The summed E-state index contributed by atoms with van der Waals surface area (Å²) in [6.07, 6.45) is 0. The molecule has 11 aromatic rings. The van der Waals surface area contributed by atoms with Gasteiger partial charge in [0.05, 0.1) is 0 Å². The van der Waals surface area contributed by atoms with E-state index in [-0.39, 0.29) is 0 Å². The fraction of sp³-hybridized carbons (Fsp3) is 0. The Balaban J connectivity index is 1.25. The lowest BCUT2D eigenvalue weighted by atomic mass is 9.85. The fourth-order valence-electron chi connectivity index (χ4n) is 7.91. The summed E-state index contributed by atoms with van der Waals surface area (Å²) in [6.45, 7) is 0. The molecule has 0 fully saturated rings. The van der Waals surface area contributed by atoms with Crippen LogP contribution in [-0.4, -0.2) is 0 Å². The van der Waals surface area contributed by atoms with Crippen LogP contribution in [0.1, 0.15) is 0 Å². The van der Waals surface area contributed by atoms with Crippen molar-refractivity contribution in [2.24, 2.45) is 0 Å². The van der Waals surface area contributed by atoms with E-state index in [4.69, 9.17) is 4.42 Å². The van der Waals surface area contributed by atoms with Crippen molar-refractivity contribution >= 4 is 107 Å². The summed E-state index contributed by atoms with van der Waals surface area (Å²) < 4.78 is 12.1. The molecular formula is C44H24OS2. The SMILES string of the molecule is c1ccc2c(c1)sc1ccc(-c3c4ccccc4c(-c4cccc5c4oc4ccc6sc7ccccc7c6c45)c4ccccc34)cc12. The van der Waals surface area contributed by atoms with E-state index >= 15 is 0 Å². The molecule has 3 heterocycles. The van der Waals surface area contributed by atoms with Crippen molar-refractivity contribution in [1.29, 1.82) is 0 Å². The molecule has 3 aromatic heterocycles. The molecule has 0 saturated heterocycles. The first-order valence-electron chi connectivity index (χ1n) is 15.9. The second kappa shape index (κ2) is 9.52. The van der Waals surface area contributed by atoms with Gasteiger partial charge < -0.3 is 4.42 Å². The Hall–Kier alpha value is -5.48. The molecule has 8 aromatic carbocycles. The van der Waals surface area contributed by atoms with E-state index in [0.29, 0.717) is 0 Å². The molecule has 0 bridgehead atoms. The van der Waals surface area contributed by atoms with Crippen LogP contribution < -0.4 is 0 Å². The summed E-state index contributed by atoms with van der Waals surface area (Å²) in [5.74, 6) is 0. The molecule has 11 rings (SSSR count). The third kappa shape index (κ3) is 3.53. The van der Waals surface area contributed by atoms with Crippen LogP contribution in [0.5, 0.6) is 0 Å². The predicted molar refractivity (Wildman–Crippen MR) is 205 cm³/mol. The molecule has 218 valence electrons. The average Bonchev–Trinajstić information content (AvgIpc) is 3.81. The number of benzene rings is 8. The van der Waals surface area contributed by atoms with Crippen molar-refractivity contribution in [2.45, 2.75) is 0 Å². The van der Waals surface area contributed by atoms with Crippen LogP contribution in [0.2, 0.25) is 0 Å². The lowest BCUT2D eigenvalue weighted by Gasteiger charge is -2.18. The van der Waals surface area contributed by atoms with Crippen molar-refractivity contribution in [3.05, 3.63) is 146 Å². The van der Waals surface area contributed by atoms with Gasteiger partial charge in [-0.3, -0.25) is 0 Å². The average molecular weight is 633 g/mol. The van der Waals surface area contributed by atoms with Crippen molar-refractivity contribution in [3.63, 3.8) is 0 Å². The minimum Gasteiger partial charge on any atom is -0.455 e. The predicted octanol–water partition coefficient (Wildman–Crippen LogP) is 14.0. The molecule has 0 atom stereocenters. The molecule has 0 spiro atoms. The first kappa shape index (κ1) is 25.7. The van der Waals surface area contributed by atoms with Crippen molar-refractivity contribution in [3.8, 4) is 22.3 Å². The number of para-hydroxylation sites is 1. The van der Waals surface area contributed by atoms with Gasteiger partial charge in [0.25, 0.3) is 0 Å². The summed E-state index contributed by atoms with van der Waals surface area (Å²) in [7, 11) is 0. The van der Waals surface area contributed by atoms with Crippen LogP contribution in [0.4, 0.5) is 0 Å². The van der Waals surface area contributed by atoms with Gasteiger partial charge in [0, 0.05) is 62.2 Å². The molecule has 0 saturated carbocycles. The highest BCUT2D eigenvalue weighted by Crippen LogP contribution is 2.49. The Morgan fingerprint density at radius 1 is 0.362 bits per heavy atom. The molecule has 0 amide bonds. The monoisotopic (exact) mass is 632 g/mol. The van der Waals surface area contributed by atoms with Crippen LogP contribution in [-0.2, 0) is 0 Å². The lowest BCUT2D eigenvalue weighted by molar-refractivity contribution is 0.670. The third-order valence-electron chi connectivity index (χ3n) is 9.87. The van der Waals surface area contributed by atoms with Gasteiger partial charge in [0.1, 0.15) is 11.2 Å². The summed E-state index contributed by atoms with van der Waals surface area (Å²) in [6, 6.07) is 53.3. The molecule has 0 radical (unpaired) electrons. The maximum absolute atomic E-state index is 6.86. The van der Waals surface area contributed by atoms with Crippen LogP contribution in [0.15, 0.2) is 150 Å². The zero-order valence-corrected chi connectivity index (χ0v) is 26.7. The summed E-state index contributed by atoms with van der Waals surface area (Å²) in [5.41, 5.74) is 6.75.